The lowest BCUT2D eigenvalue weighted by atomic mass is 10.1. The quantitative estimate of drug-likeness (QED) is 0.646. The van der Waals surface area contributed by atoms with Crippen LogP contribution in [-0.2, 0) is 21.0 Å². The summed E-state index contributed by atoms with van der Waals surface area (Å²) in [6, 6.07) is 5.83. The molecule has 0 fully saturated rings. The number of carbonyl (C=O) groups excluding carboxylic acids is 1. The van der Waals surface area contributed by atoms with E-state index in [9.17, 15) is 26.4 Å². The van der Waals surface area contributed by atoms with Crippen LogP contribution >= 0.6 is 23.4 Å². The van der Waals surface area contributed by atoms with Gasteiger partial charge in [-0.05, 0) is 37.3 Å². The molecule has 1 heterocycles. The second kappa shape index (κ2) is 8.90. The molecule has 1 aromatic carbocycles. The molecular formula is C17H17ClF3N3O3S2. The van der Waals surface area contributed by atoms with Crippen LogP contribution in [-0.4, -0.2) is 43.0 Å². The van der Waals surface area contributed by atoms with Crippen molar-refractivity contribution >= 4 is 45.0 Å². The molecule has 12 heteroatoms. The van der Waals surface area contributed by atoms with Gasteiger partial charge in [0, 0.05) is 25.3 Å². The Kier molecular flexibility index (Phi) is 7.20. The van der Waals surface area contributed by atoms with Gasteiger partial charge in [0.2, 0.25) is 15.9 Å². The van der Waals surface area contributed by atoms with E-state index in [0.717, 1.165) is 34.4 Å². The Bertz CT molecular complexity index is 997. The zero-order valence-corrected chi connectivity index (χ0v) is 17.9. The summed E-state index contributed by atoms with van der Waals surface area (Å²) in [5.74, 6) is -0.672. The second-order valence-electron chi connectivity index (χ2n) is 6.06. The average molecular weight is 468 g/mol. The summed E-state index contributed by atoms with van der Waals surface area (Å²) in [5.41, 5.74) is -1.45. The SMILES string of the molecule is C[C@H](Sc1ccc(S(=O)(=O)N(C)C)cn1)C(=O)Nc1ccc(Cl)cc1C(F)(F)F. The third-order valence-corrected chi connectivity index (χ3v) is 6.78. The fourth-order valence-electron chi connectivity index (χ4n) is 2.13. The highest BCUT2D eigenvalue weighted by Gasteiger charge is 2.34. The molecule has 158 valence electrons. The molecule has 0 aliphatic rings. The average Bonchev–Trinajstić information content (AvgIpc) is 2.62. The number of thioether (sulfide) groups is 1. The molecule has 1 amide bonds. The zero-order chi connectivity index (χ0) is 22.0. The molecule has 1 N–H and O–H groups in total. The minimum atomic E-state index is -4.68. The molecule has 0 saturated carbocycles. The lowest BCUT2D eigenvalue weighted by Crippen LogP contribution is -2.24. The molecule has 0 spiro atoms. The summed E-state index contributed by atoms with van der Waals surface area (Å²) >= 11 is 6.60. The first kappa shape index (κ1) is 23.5. The van der Waals surface area contributed by atoms with Crippen LogP contribution in [0.15, 0.2) is 46.5 Å². The van der Waals surface area contributed by atoms with Crippen LogP contribution in [0.25, 0.3) is 0 Å². The van der Waals surface area contributed by atoms with Crippen molar-refractivity contribution in [2.45, 2.75) is 28.3 Å². The van der Waals surface area contributed by atoms with E-state index < -0.39 is 38.6 Å². The number of hydrogen-bond donors (Lipinski definition) is 1. The Morgan fingerprint density at radius 3 is 2.41 bits per heavy atom. The van der Waals surface area contributed by atoms with Gasteiger partial charge in [0.25, 0.3) is 0 Å². The molecule has 1 aromatic heterocycles. The van der Waals surface area contributed by atoms with Crippen molar-refractivity contribution in [2.75, 3.05) is 19.4 Å². The summed E-state index contributed by atoms with van der Waals surface area (Å²) in [6.07, 6.45) is -3.53. The topological polar surface area (TPSA) is 79.4 Å². The van der Waals surface area contributed by atoms with E-state index in [0.29, 0.717) is 5.03 Å². The third kappa shape index (κ3) is 5.84. The summed E-state index contributed by atoms with van der Waals surface area (Å²) in [4.78, 5) is 16.3. The molecule has 1 atom stereocenters. The monoisotopic (exact) mass is 467 g/mol. The molecule has 0 aliphatic heterocycles. The summed E-state index contributed by atoms with van der Waals surface area (Å²) in [6.45, 7) is 1.50. The van der Waals surface area contributed by atoms with Crippen molar-refractivity contribution in [2.24, 2.45) is 0 Å². The molecule has 0 bridgehead atoms. The van der Waals surface area contributed by atoms with E-state index in [1.807, 2.05) is 0 Å². The number of carbonyl (C=O) groups is 1. The van der Waals surface area contributed by atoms with Crippen LogP contribution in [0.3, 0.4) is 0 Å². The van der Waals surface area contributed by atoms with Gasteiger partial charge >= 0.3 is 6.18 Å². The first-order valence-electron chi connectivity index (χ1n) is 8.05. The number of rotatable bonds is 6. The minimum absolute atomic E-state index is 0.0139. The van der Waals surface area contributed by atoms with Crippen LogP contribution in [0.2, 0.25) is 5.02 Å². The smallest absolute Gasteiger partial charge is 0.325 e. The molecule has 6 nitrogen and oxygen atoms in total. The van der Waals surface area contributed by atoms with Gasteiger partial charge in [-0.2, -0.15) is 13.2 Å². The molecule has 0 aliphatic carbocycles. The lowest BCUT2D eigenvalue weighted by molar-refractivity contribution is -0.137. The highest BCUT2D eigenvalue weighted by Crippen LogP contribution is 2.37. The van der Waals surface area contributed by atoms with Crippen LogP contribution in [0.5, 0.6) is 0 Å². The number of anilines is 1. The van der Waals surface area contributed by atoms with Gasteiger partial charge in [-0.15, -0.1) is 0 Å². The first-order chi connectivity index (χ1) is 13.3. The number of alkyl halides is 3. The van der Waals surface area contributed by atoms with Gasteiger partial charge in [0.15, 0.2) is 0 Å². The number of benzene rings is 1. The van der Waals surface area contributed by atoms with Crippen molar-refractivity contribution in [3.63, 3.8) is 0 Å². The third-order valence-electron chi connectivity index (χ3n) is 3.70. The van der Waals surface area contributed by atoms with E-state index in [-0.39, 0.29) is 9.92 Å². The Morgan fingerprint density at radius 1 is 1.24 bits per heavy atom. The van der Waals surface area contributed by atoms with Crippen molar-refractivity contribution in [1.29, 1.82) is 0 Å². The Labute approximate surface area is 175 Å². The normalized spacial score (nSPS) is 13.4. The van der Waals surface area contributed by atoms with Crippen LogP contribution < -0.4 is 5.32 Å². The number of sulfonamides is 1. The Hall–Kier alpha value is -1.82. The van der Waals surface area contributed by atoms with Crippen LogP contribution in [0.1, 0.15) is 12.5 Å². The van der Waals surface area contributed by atoms with E-state index in [1.165, 1.54) is 39.2 Å². The summed E-state index contributed by atoms with van der Waals surface area (Å²) in [5, 5.41) is 1.69. The largest absolute Gasteiger partial charge is 0.418 e. The Morgan fingerprint density at radius 2 is 1.90 bits per heavy atom. The van der Waals surface area contributed by atoms with Crippen molar-refractivity contribution < 1.29 is 26.4 Å². The highest BCUT2D eigenvalue weighted by molar-refractivity contribution is 8.00. The van der Waals surface area contributed by atoms with E-state index >= 15 is 0 Å². The fourth-order valence-corrected chi connectivity index (χ4v) is 3.94. The van der Waals surface area contributed by atoms with Crippen molar-refractivity contribution in [3.05, 3.63) is 47.1 Å². The van der Waals surface area contributed by atoms with Crippen LogP contribution in [0, 0.1) is 0 Å². The van der Waals surface area contributed by atoms with Gasteiger partial charge in [0.05, 0.1) is 21.5 Å². The second-order valence-corrected chi connectivity index (χ2v) is 10.0. The maximum absolute atomic E-state index is 13.1. The van der Waals surface area contributed by atoms with Gasteiger partial charge in [-0.3, -0.25) is 4.79 Å². The van der Waals surface area contributed by atoms with Crippen molar-refractivity contribution in [3.8, 4) is 0 Å². The summed E-state index contributed by atoms with van der Waals surface area (Å²) in [7, 11) is -0.866. The van der Waals surface area contributed by atoms with E-state index in [4.69, 9.17) is 11.6 Å². The van der Waals surface area contributed by atoms with Crippen LogP contribution in [0.4, 0.5) is 18.9 Å². The maximum Gasteiger partial charge on any atom is 0.418 e. The molecule has 29 heavy (non-hydrogen) atoms. The van der Waals surface area contributed by atoms with Gasteiger partial charge in [-0.25, -0.2) is 17.7 Å². The predicted molar refractivity (Wildman–Crippen MR) is 106 cm³/mol. The minimum Gasteiger partial charge on any atom is -0.325 e. The molecule has 0 radical (unpaired) electrons. The van der Waals surface area contributed by atoms with Crippen molar-refractivity contribution in [1.82, 2.24) is 9.29 Å². The van der Waals surface area contributed by atoms with E-state index in [1.54, 1.807) is 0 Å². The molecule has 0 unspecified atom stereocenters. The first-order valence-corrected chi connectivity index (χ1v) is 10.7. The predicted octanol–water partition coefficient (Wildman–Crippen LogP) is 4.12. The standard InChI is InChI=1S/C17H17ClF3N3O3S2/c1-10(28-15-7-5-12(9-22-15)29(26,27)24(2)3)16(25)23-14-6-4-11(18)8-13(14)17(19,20)21/h4-10H,1-3H3,(H,23,25)/t10-/m0/s1. The zero-order valence-electron chi connectivity index (χ0n) is 15.5. The highest BCUT2D eigenvalue weighted by atomic mass is 35.5. The van der Waals surface area contributed by atoms with E-state index in [2.05, 4.69) is 10.3 Å². The number of nitrogens with zero attached hydrogens (tertiary/aromatic N) is 2. The van der Waals surface area contributed by atoms with Gasteiger partial charge in [0.1, 0.15) is 4.90 Å². The summed E-state index contributed by atoms with van der Waals surface area (Å²) < 4.78 is 64.5. The van der Waals surface area contributed by atoms with Gasteiger partial charge < -0.3 is 5.32 Å². The molecular weight excluding hydrogens is 451 g/mol. The number of aromatic nitrogens is 1. The van der Waals surface area contributed by atoms with Gasteiger partial charge in [-0.1, -0.05) is 23.4 Å². The number of pyridine rings is 1. The lowest BCUT2D eigenvalue weighted by Gasteiger charge is -2.16. The molecule has 0 saturated heterocycles. The number of nitrogens with one attached hydrogen (secondary N) is 1. The molecule has 2 aromatic rings. The fraction of sp³-hybridized carbons (Fsp3) is 0.294. The number of amides is 1. The number of hydrogen-bond acceptors (Lipinski definition) is 5. The molecule has 2 rings (SSSR count). The maximum atomic E-state index is 13.1. The number of halogens is 4. The Balaban J connectivity index is 2.13.